The smallest absolute Gasteiger partial charge is 0.342 e. The van der Waals surface area contributed by atoms with Gasteiger partial charge >= 0.3 is 5.97 Å². The van der Waals surface area contributed by atoms with Gasteiger partial charge in [-0.25, -0.2) is 26.0 Å². The number of anilines is 1. The van der Waals surface area contributed by atoms with Crippen LogP contribution in [0.2, 0.25) is 5.02 Å². The van der Waals surface area contributed by atoms with E-state index in [-0.39, 0.29) is 24.3 Å². The second-order valence-electron chi connectivity index (χ2n) is 5.13. The van der Waals surface area contributed by atoms with E-state index in [1.165, 1.54) is 6.92 Å². The van der Waals surface area contributed by atoms with Crippen molar-refractivity contribution < 1.29 is 30.8 Å². The van der Waals surface area contributed by atoms with Crippen LogP contribution >= 0.6 is 11.6 Å². The molecule has 0 saturated carbocycles. The highest BCUT2D eigenvalue weighted by Gasteiger charge is 2.36. The summed E-state index contributed by atoms with van der Waals surface area (Å²) in [5.74, 6) is -2.38. The molecule has 0 heterocycles. The number of methoxy groups -OCH3 is 1. The van der Waals surface area contributed by atoms with E-state index < -0.39 is 46.8 Å². The average molecular weight is 416 g/mol. The summed E-state index contributed by atoms with van der Waals surface area (Å²) < 4.78 is 67.8. The van der Waals surface area contributed by atoms with Crippen molar-refractivity contribution in [2.24, 2.45) is 0 Å². The van der Waals surface area contributed by atoms with Gasteiger partial charge in [0, 0.05) is 0 Å². The van der Waals surface area contributed by atoms with Crippen LogP contribution in [0.15, 0.2) is 12.1 Å². The first kappa shape index (κ1) is 21.7. The van der Waals surface area contributed by atoms with Gasteiger partial charge in [0.25, 0.3) is 0 Å². The molecular weight excluding hydrogens is 397 g/mol. The molecular formula is C14H19ClFNO6S2. The summed E-state index contributed by atoms with van der Waals surface area (Å²) in [7, 11) is -7.29. The minimum absolute atomic E-state index is 0.180. The molecule has 1 rings (SSSR count). The van der Waals surface area contributed by atoms with Crippen molar-refractivity contribution in [3.8, 4) is 0 Å². The number of hydrogen-bond acceptors (Lipinski definition) is 6. The highest BCUT2D eigenvalue weighted by Crippen LogP contribution is 2.31. The summed E-state index contributed by atoms with van der Waals surface area (Å²) in [6, 6.07) is 1.83. The van der Waals surface area contributed by atoms with Crippen LogP contribution in [-0.2, 0) is 24.6 Å². The van der Waals surface area contributed by atoms with Crippen LogP contribution in [0.1, 0.15) is 37.0 Å². The minimum Gasteiger partial charge on any atom is -0.465 e. The van der Waals surface area contributed by atoms with E-state index in [9.17, 15) is 26.0 Å². The molecule has 0 spiro atoms. The van der Waals surface area contributed by atoms with Gasteiger partial charge in [0.2, 0.25) is 10.0 Å². The Morgan fingerprint density at radius 1 is 1.28 bits per heavy atom. The Bertz CT molecular complexity index is 854. The van der Waals surface area contributed by atoms with Crippen molar-refractivity contribution in [3.63, 3.8) is 0 Å². The van der Waals surface area contributed by atoms with Gasteiger partial charge in [0.15, 0.2) is 14.4 Å². The quantitative estimate of drug-likeness (QED) is 0.654. The van der Waals surface area contributed by atoms with E-state index in [1.807, 2.05) is 4.72 Å². The summed E-state index contributed by atoms with van der Waals surface area (Å²) in [5, 5.41) is -0.516. The second-order valence-corrected chi connectivity index (χ2v) is 9.97. The summed E-state index contributed by atoms with van der Waals surface area (Å²) in [6.45, 7) is 3.03. The molecule has 1 N–H and O–H groups in total. The van der Waals surface area contributed by atoms with Gasteiger partial charge in [-0.2, -0.15) is 0 Å². The Hall–Kier alpha value is -1.39. The van der Waals surface area contributed by atoms with Crippen molar-refractivity contribution in [1.29, 1.82) is 0 Å². The Morgan fingerprint density at radius 3 is 2.36 bits per heavy atom. The minimum atomic E-state index is -4.39. The first-order chi connectivity index (χ1) is 11.5. The fourth-order valence-corrected chi connectivity index (χ4v) is 6.92. The lowest BCUT2D eigenvalue weighted by atomic mass is 10.2. The number of carbonyl (C=O) groups excluding carboxylic acids is 1. The highest BCUT2D eigenvalue weighted by molar-refractivity contribution is 8.09. The lowest BCUT2D eigenvalue weighted by Crippen LogP contribution is -2.36. The maximum atomic E-state index is 13.8. The van der Waals surface area contributed by atoms with Gasteiger partial charge in [-0.1, -0.05) is 25.4 Å². The van der Waals surface area contributed by atoms with Crippen LogP contribution in [-0.4, -0.2) is 40.2 Å². The number of rotatable bonds is 8. The molecule has 0 aliphatic rings. The number of hydrogen-bond donors (Lipinski definition) is 1. The van der Waals surface area contributed by atoms with Crippen molar-refractivity contribution in [3.05, 3.63) is 28.5 Å². The predicted octanol–water partition coefficient (Wildman–Crippen LogP) is 2.57. The maximum Gasteiger partial charge on any atom is 0.342 e. The number of halogens is 2. The van der Waals surface area contributed by atoms with Crippen molar-refractivity contribution >= 4 is 43.1 Å². The first-order valence-corrected chi connectivity index (χ1v) is 10.9. The number of sulfonamides is 1. The molecule has 1 unspecified atom stereocenters. The zero-order valence-corrected chi connectivity index (χ0v) is 16.3. The molecule has 7 nitrogen and oxygen atoms in total. The molecule has 11 heteroatoms. The van der Waals surface area contributed by atoms with E-state index in [0.717, 1.165) is 19.2 Å². The summed E-state index contributed by atoms with van der Waals surface area (Å²) in [6.07, 6.45) is 0.0818. The molecule has 0 aromatic heterocycles. The first-order valence-electron chi connectivity index (χ1n) is 7.31. The van der Waals surface area contributed by atoms with Crippen LogP contribution in [0, 0.1) is 5.82 Å². The molecule has 142 valence electrons. The van der Waals surface area contributed by atoms with Gasteiger partial charge in [0.05, 0.1) is 23.6 Å². The molecule has 1 aromatic carbocycles. The Kier molecular flexibility index (Phi) is 7.21. The summed E-state index contributed by atoms with van der Waals surface area (Å²) in [5.41, 5.74) is -0.956. The molecule has 0 aliphatic carbocycles. The fourth-order valence-electron chi connectivity index (χ4n) is 2.22. The van der Waals surface area contributed by atoms with Crippen LogP contribution in [0.3, 0.4) is 0 Å². The zero-order chi connectivity index (χ0) is 19.4. The Labute approximate surface area is 151 Å². The van der Waals surface area contributed by atoms with E-state index in [0.29, 0.717) is 0 Å². The highest BCUT2D eigenvalue weighted by atomic mass is 35.5. The van der Waals surface area contributed by atoms with Crippen LogP contribution in [0.25, 0.3) is 0 Å². The summed E-state index contributed by atoms with van der Waals surface area (Å²) in [4.78, 5) is 11.6. The molecule has 0 radical (unpaired) electrons. The van der Waals surface area contributed by atoms with Crippen molar-refractivity contribution in [2.45, 2.75) is 31.3 Å². The topological polar surface area (TPSA) is 107 Å². The fraction of sp³-hybridized carbons (Fsp3) is 0.500. The number of sulfone groups is 1. The molecule has 0 aliphatic heterocycles. The van der Waals surface area contributed by atoms with Gasteiger partial charge in [0.1, 0.15) is 11.4 Å². The maximum absolute atomic E-state index is 13.8. The van der Waals surface area contributed by atoms with Gasteiger partial charge in [-0.15, -0.1) is 0 Å². The monoisotopic (exact) mass is 415 g/mol. The lowest BCUT2D eigenvalue weighted by molar-refractivity contribution is 0.0595. The standard InChI is InChI=1S/C14H19ClFNO6S2/c1-4-8-24(19,20)11(5-2)25(21,22)17-10-7-6-9(16)12(13(10)15)14(18)23-3/h6-7,11,17H,4-5,8H2,1-3H3. The SMILES string of the molecule is CCCS(=O)(=O)C(CC)S(=O)(=O)Nc1ccc(F)c(C(=O)OC)c1Cl. The number of benzene rings is 1. The van der Waals surface area contributed by atoms with E-state index >= 15 is 0 Å². The zero-order valence-electron chi connectivity index (χ0n) is 13.9. The van der Waals surface area contributed by atoms with Crippen LogP contribution in [0.4, 0.5) is 10.1 Å². The largest absolute Gasteiger partial charge is 0.465 e. The number of carbonyl (C=O) groups is 1. The average Bonchev–Trinajstić information content (AvgIpc) is 2.49. The number of esters is 1. The molecule has 1 atom stereocenters. The van der Waals surface area contributed by atoms with E-state index in [2.05, 4.69) is 4.74 Å². The normalized spacial score (nSPS) is 13.3. The van der Waals surface area contributed by atoms with E-state index in [4.69, 9.17) is 11.6 Å². The predicted molar refractivity (Wildman–Crippen MR) is 93.4 cm³/mol. The van der Waals surface area contributed by atoms with Crippen LogP contribution in [0.5, 0.6) is 0 Å². The molecule has 0 amide bonds. The molecule has 25 heavy (non-hydrogen) atoms. The van der Waals surface area contributed by atoms with Crippen LogP contribution < -0.4 is 4.72 Å². The van der Waals surface area contributed by atoms with Gasteiger partial charge in [-0.3, -0.25) is 4.72 Å². The Morgan fingerprint density at radius 2 is 1.88 bits per heavy atom. The second kappa shape index (κ2) is 8.33. The molecule has 1 aromatic rings. The molecule has 0 bridgehead atoms. The number of ether oxygens (including phenoxy) is 1. The van der Waals surface area contributed by atoms with Crippen molar-refractivity contribution in [2.75, 3.05) is 17.6 Å². The van der Waals surface area contributed by atoms with Gasteiger partial charge in [-0.05, 0) is 25.0 Å². The number of nitrogens with one attached hydrogen (secondary N) is 1. The Balaban J connectivity index is 3.35. The van der Waals surface area contributed by atoms with E-state index in [1.54, 1.807) is 6.92 Å². The third-order valence-electron chi connectivity index (χ3n) is 3.30. The van der Waals surface area contributed by atoms with Gasteiger partial charge < -0.3 is 4.74 Å². The van der Waals surface area contributed by atoms with Crippen molar-refractivity contribution in [1.82, 2.24) is 0 Å². The molecule has 0 saturated heterocycles. The third-order valence-corrected chi connectivity index (χ3v) is 8.98. The summed E-state index contributed by atoms with van der Waals surface area (Å²) >= 11 is 5.90. The lowest BCUT2D eigenvalue weighted by Gasteiger charge is -2.19. The molecule has 0 fully saturated rings. The third kappa shape index (κ3) is 4.83.